The summed E-state index contributed by atoms with van der Waals surface area (Å²) in [4.78, 5) is 9.74. The average Bonchev–Trinajstić information content (AvgIpc) is 2.04. The zero-order valence-electron chi connectivity index (χ0n) is 6.41. The molecule has 0 saturated heterocycles. The molecule has 0 bridgehead atoms. The highest BCUT2D eigenvalue weighted by Gasteiger charge is 2.02. The molecule has 0 aromatic heterocycles. The van der Waals surface area contributed by atoms with Crippen LogP contribution in [0.3, 0.4) is 0 Å². The summed E-state index contributed by atoms with van der Waals surface area (Å²) in [7, 11) is 0. The van der Waals surface area contributed by atoms with Crippen molar-refractivity contribution in [1.82, 2.24) is 0 Å². The molecule has 0 heterocycles. The van der Waals surface area contributed by atoms with E-state index in [1.807, 2.05) is 0 Å². The molecule has 0 atom stereocenters. The minimum Gasteiger partial charge on any atom is -0.258 e. The molecule has 68 valence electrons. The molecule has 0 spiro atoms. The fourth-order valence-corrected chi connectivity index (χ4v) is 1.08. The van der Waals surface area contributed by atoms with E-state index < -0.39 is 9.66 Å². The van der Waals surface area contributed by atoms with Crippen LogP contribution in [-0.4, -0.2) is 4.92 Å². The second-order valence-corrected chi connectivity index (χ2v) is 3.04. The molecule has 13 heavy (non-hydrogen) atoms. The molecule has 0 amide bonds. The first kappa shape index (κ1) is 9.85. The standard InChI is InChI=1S/C8H5BrFNO2/c9-8(10)5-6-1-3-7(4-2-6)11(12)13/h1-5H. The zero-order chi connectivity index (χ0) is 9.84. The van der Waals surface area contributed by atoms with E-state index in [1.165, 1.54) is 30.3 Å². The first-order valence-corrected chi connectivity index (χ1v) is 4.16. The van der Waals surface area contributed by atoms with Gasteiger partial charge in [0.15, 0.2) is 4.74 Å². The maximum atomic E-state index is 12.3. The molecule has 0 aliphatic heterocycles. The first-order chi connectivity index (χ1) is 6.09. The number of hydrogen-bond acceptors (Lipinski definition) is 2. The van der Waals surface area contributed by atoms with E-state index in [4.69, 9.17) is 0 Å². The number of nitrogens with zero attached hydrogens (tertiary/aromatic N) is 1. The maximum absolute atomic E-state index is 12.3. The summed E-state index contributed by atoms with van der Waals surface area (Å²) in [6.45, 7) is 0. The van der Waals surface area contributed by atoms with Crippen molar-refractivity contribution in [2.45, 2.75) is 0 Å². The Morgan fingerprint density at radius 1 is 1.46 bits per heavy atom. The second-order valence-electron chi connectivity index (χ2n) is 2.28. The molecule has 0 aliphatic carbocycles. The lowest BCUT2D eigenvalue weighted by Crippen LogP contribution is -1.86. The Morgan fingerprint density at radius 3 is 2.38 bits per heavy atom. The van der Waals surface area contributed by atoms with Crippen molar-refractivity contribution in [3.63, 3.8) is 0 Å². The Hall–Kier alpha value is -1.23. The Labute approximate surface area is 82.2 Å². The molecule has 1 aromatic carbocycles. The highest BCUT2D eigenvalue weighted by atomic mass is 79.9. The summed E-state index contributed by atoms with van der Waals surface area (Å²) in [6, 6.07) is 5.58. The number of non-ortho nitro benzene ring substituents is 1. The Morgan fingerprint density at radius 2 is 2.00 bits per heavy atom. The molecular weight excluding hydrogens is 241 g/mol. The Kier molecular flexibility index (Phi) is 3.13. The summed E-state index contributed by atoms with van der Waals surface area (Å²) in [6.07, 6.45) is 1.23. The van der Waals surface area contributed by atoms with Crippen molar-refractivity contribution >= 4 is 27.7 Å². The van der Waals surface area contributed by atoms with Gasteiger partial charge in [-0.05, 0) is 39.7 Å². The summed E-state index contributed by atoms with van der Waals surface area (Å²) < 4.78 is 11.8. The molecule has 0 fully saturated rings. The average molecular weight is 246 g/mol. The van der Waals surface area contributed by atoms with Gasteiger partial charge in [-0.3, -0.25) is 10.1 Å². The number of halogens is 2. The van der Waals surface area contributed by atoms with Gasteiger partial charge in [-0.25, -0.2) is 0 Å². The van der Waals surface area contributed by atoms with Crippen LogP contribution in [0.2, 0.25) is 0 Å². The molecule has 0 radical (unpaired) electrons. The summed E-state index contributed by atoms with van der Waals surface area (Å²) in [5, 5.41) is 10.2. The molecular formula is C8H5BrFNO2. The largest absolute Gasteiger partial charge is 0.269 e. The fraction of sp³-hybridized carbons (Fsp3) is 0. The van der Waals surface area contributed by atoms with Gasteiger partial charge in [-0.2, -0.15) is 4.39 Å². The van der Waals surface area contributed by atoms with Gasteiger partial charge in [-0.15, -0.1) is 0 Å². The van der Waals surface area contributed by atoms with Crippen LogP contribution in [0.15, 0.2) is 29.0 Å². The molecule has 0 aliphatic rings. The van der Waals surface area contributed by atoms with Crippen LogP contribution in [0.4, 0.5) is 10.1 Å². The van der Waals surface area contributed by atoms with E-state index in [-0.39, 0.29) is 5.69 Å². The highest BCUT2D eigenvalue weighted by Crippen LogP contribution is 2.16. The fourth-order valence-electron chi connectivity index (χ4n) is 0.818. The number of nitro benzene ring substituents is 1. The van der Waals surface area contributed by atoms with Crippen LogP contribution in [0.1, 0.15) is 5.56 Å². The van der Waals surface area contributed by atoms with E-state index >= 15 is 0 Å². The molecule has 1 rings (SSSR count). The molecule has 0 N–H and O–H groups in total. The monoisotopic (exact) mass is 245 g/mol. The summed E-state index contributed by atoms with van der Waals surface area (Å²) >= 11 is 2.62. The highest BCUT2D eigenvalue weighted by molar-refractivity contribution is 9.11. The third-order valence-corrected chi connectivity index (χ3v) is 1.61. The minimum atomic E-state index is -0.513. The molecule has 0 unspecified atom stereocenters. The SMILES string of the molecule is O=[N+]([O-])c1ccc(C=C(F)Br)cc1. The van der Waals surface area contributed by atoms with Crippen LogP contribution < -0.4 is 0 Å². The van der Waals surface area contributed by atoms with Gasteiger partial charge >= 0.3 is 0 Å². The smallest absolute Gasteiger partial charge is 0.258 e. The number of nitro groups is 1. The summed E-state index contributed by atoms with van der Waals surface area (Å²) in [5.74, 6) is 0. The van der Waals surface area contributed by atoms with Gasteiger partial charge in [0.05, 0.1) is 4.92 Å². The van der Waals surface area contributed by atoms with Crippen molar-refractivity contribution in [1.29, 1.82) is 0 Å². The van der Waals surface area contributed by atoms with Crippen molar-refractivity contribution in [2.75, 3.05) is 0 Å². The van der Waals surface area contributed by atoms with Crippen LogP contribution in [0.25, 0.3) is 6.08 Å². The predicted octanol–water partition coefficient (Wildman–Crippen LogP) is 3.26. The molecule has 1 aromatic rings. The van der Waals surface area contributed by atoms with E-state index in [0.29, 0.717) is 5.56 Å². The lowest BCUT2D eigenvalue weighted by molar-refractivity contribution is -0.384. The summed E-state index contributed by atoms with van der Waals surface area (Å²) in [5.41, 5.74) is 0.562. The Bertz CT molecular complexity index is 344. The molecule has 0 saturated carbocycles. The van der Waals surface area contributed by atoms with Gasteiger partial charge in [-0.1, -0.05) is 0 Å². The normalized spacial score (nSPS) is 11.4. The van der Waals surface area contributed by atoms with Gasteiger partial charge < -0.3 is 0 Å². The van der Waals surface area contributed by atoms with Gasteiger partial charge in [0.1, 0.15) is 0 Å². The molecule has 5 heteroatoms. The number of hydrogen-bond donors (Lipinski definition) is 0. The van der Waals surface area contributed by atoms with Crippen molar-refractivity contribution < 1.29 is 9.31 Å². The quantitative estimate of drug-likeness (QED) is 0.593. The number of rotatable bonds is 2. The second kappa shape index (κ2) is 4.13. The topological polar surface area (TPSA) is 43.1 Å². The minimum absolute atomic E-state index is 0.00729. The van der Waals surface area contributed by atoms with Crippen molar-refractivity contribution in [3.8, 4) is 0 Å². The van der Waals surface area contributed by atoms with Crippen LogP contribution in [0.5, 0.6) is 0 Å². The first-order valence-electron chi connectivity index (χ1n) is 3.37. The number of benzene rings is 1. The van der Waals surface area contributed by atoms with E-state index in [9.17, 15) is 14.5 Å². The van der Waals surface area contributed by atoms with Crippen molar-refractivity contribution in [2.24, 2.45) is 0 Å². The maximum Gasteiger partial charge on any atom is 0.269 e. The predicted molar refractivity (Wildman–Crippen MR) is 51.1 cm³/mol. The zero-order valence-corrected chi connectivity index (χ0v) is 7.99. The van der Waals surface area contributed by atoms with E-state index in [2.05, 4.69) is 15.9 Å². The van der Waals surface area contributed by atoms with E-state index in [1.54, 1.807) is 0 Å². The third kappa shape index (κ3) is 2.95. The van der Waals surface area contributed by atoms with Crippen LogP contribution >= 0.6 is 15.9 Å². The molecule has 3 nitrogen and oxygen atoms in total. The Balaban J connectivity index is 2.94. The van der Waals surface area contributed by atoms with E-state index in [0.717, 1.165) is 0 Å². The van der Waals surface area contributed by atoms with Crippen LogP contribution in [-0.2, 0) is 0 Å². The van der Waals surface area contributed by atoms with Crippen molar-refractivity contribution in [3.05, 3.63) is 44.7 Å². The third-order valence-electron chi connectivity index (χ3n) is 1.38. The van der Waals surface area contributed by atoms with Gasteiger partial charge in [0.25, 0.3) is 5.69 Å². The van der Waals surface area contributed by atoms with Crippen LogP contribution in [0, 0.1) is 10.1 Å². The van der Waals surface area contributed by atoms with Gasteiger partial charge in [0.2, 0.25) is 0 Å². The lowest BCUT2D eigenvalue weighted by Gasteiger charge is -1.92. The lowest BCUT2D eigenvalue weighted by atomic mass is 10.2. The van der Waals surface area contributed by atoms with Gasteiger partial charge in [0, 0.05) is 12.1 Å².